The summed E-state index contributed by atoms with van der Waals surface area (Å²) in [7, 11) is 1.95. The summed E-state index contributed by atoms with van der Waals surface area (Å²) < 4.78 is 5.42. The number of hydrogen-bond acceptors (Lipinski definition) is 5. The molecular weight excluding hydrogens is 218 g/mol. The van der Waals surface area contributed by atoms with Gasteiger partial charge in [0.05, 0.1) is 17.0 Å². The van der Waals surface area contributed by atoms with E-state index in [1.165, 1.54) is 0 Å². The van der Waals surface area contributed by atoms with Crippen LogP contribution < -0.4 is 5.32 Å². The third-order valence-electron chi connectivity index (χ3n) is 2.65. The van der Waals surface area contributed by atoms with Crippen molar-refractivity contribution in [1.82, 2.24) is 10.2 Å². The summed E-state index contributed by atoms with van der Waals surface area (Å²) in [5, 5.41) is 3.18. The Morgan fingerprint density at radius 3 is 2.76 bits per heavy atom. The number of nitrogens with one attached hydrogen (secondary N) is 1. The molecule has 0 aromatic heterocycles. The van der Waals surface area contributed by atoms with Gasteiger partial charge in [0.15, 0.2) is 0 Å². The van der Waals surface area contributed by atoms with Crippen molar-refractivity contribution in [1.29, 1.82) is 0 Å². The van der Waals surface area contributed by atoms with Gasteiger partial charge < -0.3 is 15.0 Å². The minimum atomic E-state index is -0.462. The molecule has 0 fully saturated rings. The van der Waals surface area contributed by atoms with Crippen molar-refractivity contribution >= 4 is 11.7 Å². The molecule has 1 N–H and O–H groups in total. The SMILES string of the molecule is CN1CN=C2CNCC(C(=O)OC(C)(C)C)=C21. The van der Waals surface area contributed by atoms with Crippen molar-refractivity contribution < 1.29 is 9.53 Å². The fourth-order valence-corrected chi connectivity index (χ4v) is 2.00. The van der Waals surface area contributed by atoms with Crippen molar-refractivity contribution in [3.8, 4) is 0 Å². The smallest absolute Gasteiger partial charge is 0.338 e. The summed E-state index contributed by atoms with van der Waals surface area (Å²) in [6.45, 7) is 7.53. The zero-order valence-corrected chi connectivity index (χ0v) is 10.8. The Labute approximate surface area is 102 Å². The van der Waals surface area contributed by atoms with Gasteiger partial charge in [-0.25, -0.2) is 4.79 Å². The Bertz CT molecular complexity index is 404. The molecule has 0 aromatic carbocycles. The monoisotopic (exact) mass is 237 g/mol. The highest BCUT2D eigenvalue weighted by Gasteiger charge is 2.31. The molecule has 2 aliphatic heterocycles. The quantitative estimate of drug-likeness (QED) is 0.676. The molecule has 0 amide bonds. The van der Waals surface area contributed by atoms with Gasteiger partial charge in [-0.15, -0.1) is 0 Å². The van der Waals surface area contributed by atoms with Gasteiger partial charge in [0.25, 0.3) is 0 Å². The summed E-state index contributed by atoms with van der Waals surface area (Å²) in [4.78, 5) is 18.5. The second-order valence-electron chi connectivity index (χ2n) is 5.38. The second kappa shape index (κ2) is 4.14. The van der Waals surface area contributed by atoms with Crippen molar-refractivity contribution in [3.05, 3.63) is 11.3 Å². The summed E-state index contributed by atoms with van der Waals surface area (Å²) in [5.41, 5.74) is 2.12. The van der Waals surface area contributed by atoms with Crippen molar-refractivity contribution in [3.63, 3.8) is 0 Å². The molecule has 2 heterocycles. The van der Waals surface area contributed by atoms with Crippen LogP contribution in [0, 0.1) is 0 Å². The number of hydrogen-bond donors (Lipinski definition) is 1. The van der Waals surface area contributed by atoms with E-state index in [0.717, 1.165) is 18.0 Å². The standard InChI is InChI=1S/C12H19N3O2/c1-12(2,3)17-11(16)8-5-13-6-9-10(8)15(4)7-14-9/h13H,5-7H2,1-4H3. The summed E-state index contributed by atoms with van der Waals surface area (Å²) in [5.74, 6) is -0.249. The van der Waals surface area contributed by atoms with E-state index in [-0.39, 0.29) is 5.97 Å². The Kier molecular flexibility index (Phi) is 2.95. The van der Waals surface area contributed by atoms with E-state index in [1.54, 1.807) is 0 Å². The minimum Gasteiger partial charge on any atom is -0.457 e. The van der Waals surface area contributed by atoms with Gasteiger partial charge in [0.2, 0.25) is 0 Å². The lowest BCUT2D eigenvalue weighted by atomic mass is 10.1. The fraction of sp³-hybridized carbons (Fsp3) is 0.667. The van der Waals surface area contributed by atoms with Gasteiger partial charge in [-0.3, -0.25) is 4.99 Å². The fourth-order valence-electron chi connectivity index (χ4n) is 2.00. The van der Waals surface area contributed by atoms with Gasteiger partial charge in [-0.2, -0.15) is 0 Å². The molecule has 0 spiro atoms. The molecule has 0 atom stereocenters. The third kappa shape index (κ3) is 2.49. The maximum atomic E-state index is 12.1. The first-order valence-corrected chi connectivity index (χ1v) is 5.80. The van der Waals surface area contributed by atoms with Crippen LogP contribution in [0.2, 0.25) is 0 Å². The molecule has 2 aliphatic rings. The van der Waals surface area contributed by atoms with Crippen LogP contribution in [0.4, 0.5) is 0 Å². The van der Waals surface area contributed by atoms with Gasteiger partial charge in [-0.05, 0) is 20.8 Å². The van der Waals surface area contributed by atoms with E-state index in [2.05, 4.69) is 10.3 Å². The average Bonchev–Trinajstić information content (AvgIpc) is 2.58. The zero-order valence-electron chi connectivity index (χ0n) is 10.8. The van der Waals surface area contributed by atoms with Crippen LogP contribution in [0.25, 0.3) is 0 Å². The first kappa shape index (κ1) is 12.1. The molecule has 17 heavy (non-hydrogen) atoms. The topological polar surface area (TPSA) is 53.9 Å². The van der Waals surface area contributed by atoms with Crippen molar-refractivity contribution in [2.24, 2.45) is 4.99 Å². The van der Waals surface area contributed by atoms with Crippen LogP contribution in [-0.2, 0) is 9.53 Å². The first-order valence-electron chi connectivity index (χ1n) is 5.80. The molecule has 2 rings (SSSR count). The maximum Gasteiger partial charge on any atom is 0.338 e. The summed E-state index contributed by atoms with van der Waals surface area (Å²) >= 11 is 0. The van der Waals surface area contributed by atoms with E-state index in [0.29, 0.717) is 18.8 Å². The van der Waals surface area contributed by atoms with Crippen molar-refractivity contribution in [2.45, 2.75) is 26.4 Å². The predicted molar refractivity (Wildman–Crippen MR) is 65.8 cm³/mol. The Balaban J connectivity index is 2.27. The third-order valence-corrected chi connectivity index (χ3v) is 2.65. The predicted octanol–water partition coefficient (Wildman–Crippen LogP) is 0.529. The van der Waals surface area contributed by atoms with E-state index in [4.69, 9.17) is 4.74 Å². The van der Waals surface area contributed by atoms with Crippen LogP contribution in [0.15, 0.2) is 16.3 Å². The number of carbonyl (C=O) groups is 1. The molecule has 0 bridgehead atoms. The Morgan fingerprint density at radius 1 is 1.41 bits per heavy atom. The van der Waals surface area contributed by atoms with Crippen LogP contribution in [0.1, 0.15) is 20.8 Å². The van der Waals surface area contributed by atoms with Crippen LogP contribution in [-0.4, -0.2) is 49.0 Å². The highest BCUT2D eigenvalue weighted by molar-refractivity contribution is 6.09. The molecule has 0 saturated heterocycles. The highest BCUT2D eigenvalue weighted by Crippen LogP contribution is 2.22. The first-order chi connectivity index (χ1) is 7.88. The van der Waals surface area contributed by atoms with Crippen molar-refractivity contribution in [2.75, 3.05) is 26.8 Å². The molecule has 0 aromatic rings. The largest absolute Gasteiger partial charge is 0.457 e. The lowest BCUT2D eigenvalue weighted by molar-refractivity contribution is -0.150. The van der Waals surface area contributed by atoms with E-state index in [9.17, 15) is 4.79 Å². The maximum absolute atomic E-state index is 12.1. The number of aliphatic imine (C=N–C) groups is 1. The number of esters is 1. The Morgan fingerprint density at radius 2 is 2.12 bits per heavy atom. The van der Waals surface area contributed by atoms with Crippen LogP contribution in [0.3, 0.4) is 0 Å². The van der Waals surface area contributed by atoms with Gasteiger partial charge >= 0.3 is 5.97 Å². The molecule has 5 heteroatoms. The number of carbonyl (C=O) groups excluding carboxylic acids is 1. The molecular formula is C12H19N3O2. The van der Waals surface area contributed by atoms with Crippen LogP contribution in [0.5, 0.6) is 0 Å². The minimum absolute atomic E-state index is 0.249. The number of fused-ring (bicyclic) bond motifs is 1. The van der Waals surface area contributed by atoms with Gasteiger partial charge in [-0.1, -0.05) is 0 Å². The number of rotatable bonds is 1. The molecule has 0 aliphatic carbocycles. The molecule has 0 saturated carbocycles. The van der Waals surface area contributed by atoms with E-state index in [1.807, 2.05) is 32.7 Å². The summed E-state index contributed by atoms with van der Waals surface area (Å²) in [6.07, 6.45) is 0. The number of nitrogens with zero attached hydrogens (tertiary/aromatic N) is 2. The average molecular weight is 237 g/mol. The lowest BCUT2D eigenvalue weighted by Gasteiger charge is -2.26. The summed E-state index contributed by atoms with van der Waals surface area (Å²) in [6, 6.07) is 0. The normalized spacial score (nSPS) is 20.2. The molecule has 0 unspecified atom stereocenters. The van der Waals surface area contributed by atoms with Gasteiger partial charge in [0, 0.05) is 20.1 Å². The Hall–Kier alpha value is -1.36. The van der Waals surface area contributed by atoms with Gasteiger partial charge in [0.1, 0.15) is 12.3 Å². The molecule has 5 nitrogen and oxygen atoms in total. The second-order valence-corrected chi connectivity index (χ2v) is 5.38. The zero-order chi connectivity index (χ0) is 12.6. The number of ether oxygens (including phenoxy) is 1. The molecule has 94 valence electrons. The lowest BCUT2D eigenvalue weighted by Crippen LogP contribution is -2.39. The van der Waals surface area contributed by atoms with E-state index >= 15 is 0 Å². The highest BCUT2D eigenvalue weighted by atomic mass is 16.6. The van der Waals surface area contributed by atoms with E-state index < -0.39 is 5.60 Å². The molecule has 0 radical (unpaired) electrons. The van der Waals surface area contributed by atoms with Crippen LogP contribution >= 0.6 is 0 Å².